The molecule has 0 saturated heterocycles. The molecule has 0 bridgehead atoms. The summed E-state index contributed by atoms with van der Waals surface area (Å²) in [5.41, 5.74) is 3.14. The molecule has 0 saturated carbocycles. The number of hydrogen-bond acceptors (Lipinski definition) is 5. The lowest BCUT2D eigenvalue weighted by Gasteiger charge is -2.09. The number of thiazole rings is 1. The van der Waals surface area contributed by atoms with Crippen LogP contribution in [0.15, 0.2) is 41.4 Å². The second-order valence-electron chi connectivity index (χ2n) is 6.55. The first kappa shape index (κ1) is 20.8. The van der Waals surface area contributed by atoms with Crippen molar-refractivity contribution in [2.24, 2.45) is 4.99 Å². The topological polar surface area (TPSA) is 69.9 Å². The third-order valence-corrected chi connectivity index (χ3v) is 5.42. The molecule has 1 aromatic heterocycles. The van der Waals surface area contributed by atoms with Crippen LogP contribution in [0, 0.1) is 13.8 Å². The third kappa shape index (κ3) is 4.56. The Morgan fingerprint density at radius 3 is 2.62 bits per heavy atom. The largest absolute Gasteiger partial charge is 0.492 e. The molecule has 0 aliphatic carbocycles. The zero-order valence-corrected chi connectivity index (χ0v) is 17.8. The number of hydrogen-bond donors (Lipinski definition) is 0. The Hall–Kier alpha value is -2.93. The van der Waals surface area contributed by atoms with Gasteiger partial charge in [0.15, 0.2) is 4.80 Å². The number of amides is 1. The average molecular weight is 413 g/mol. The van der Waals surface area contributed by atoms with Crippen LogP contribution in [0.3, 0.4) is 0 Å². The van der Waals surface area contributed by atoms with E-state index in [9.17, 15) is 9.59 Å². The number of ether oxygens (including phenoxy) is 2. The van der Waals surface area contributed by atoms with Crippen molar-refractivity contribution in [2.45, 2.75) is 34.2 Å². The molecular formula is C22H24N2O4S. The Bertz CT molecular complexity index is 1130. The number of para-hydroxylation sites is 1. The van der Waals surface area contributed by atoms with Crippen LogP contribution in [0.1, 0.15) is 35.3 Å². The van der Waals surface area contributed by atoms with Gasteiger partial charge >= 0.3 is 5.97 Å². The fourth-order valence-corrected chi connectivity index (χ4v) is 4.10. The van der Waals surface area contributed by atoms with Crippen LogP contribution in [0.25, 0.3) is 10.2 Å². The standard InChI is InChI=1S/C22H24N2O4S/c1-5-27-17-8-7-9-18-20(17)24(13-19(25)28-6-2)22(29-18)23-21(26)16-12-14(3)10-11-15(16)4/h7-12H,5-6,13H2,1-4H3. The molecule has 3 rings (SSSR count). The van der Waals surface area contributed by atoms with Crippen LogP contribution >= 0.6 is 11.3 Å². The molecule has 0 N–H and O–H groups in total. The summed E-state index contributed by atoms with van der Waals surface area (Å²) in [5.74, 6) is -0.0846. The average Bonchev–Trinajstić information content (AvgIpc) is 3.02. The molecular weight excluding hydrogens is 388 g/mol. The van der Waals surface area contributed by atoms with Crippen LogP contribution in [0.4, 0.5) is 0 Å². The summed E-state index contributed by atoms with van der Waals surface area (Å²) in [6, 6.07) is 11.3. The number of aryl methyl sites for hydroxylation is 2. The molecule has 0 aliphatic rings. The number of esters is 1. The number of fused-ring (bicyclic) bond motifs is 1. The van der Waals surface area contributed by atoms with Gasteiger partial charge in [0.25, 0.3) is 5.91 Å². The fourth-order valence-electron chi connectivity index (χ4n) is 3.05. The predicted octanol–water partition coefficient (Wildman–Crippen LogP) is 4.02. The van der Waals surface area contributed by atoms with E-state index in [0.717, 1.165) is 21.3 Å². The van der Waals surface area contributed by atoms with Crippen molar-refractivity contribution in [1.82, 2.24) is 4.57 Å². The van der Waals surface area contributed by atoms with Crippen LogP contribution in [-0.2, 0) is 16.1 Å². The second kappa shape index (κ2) is 9.05. The predicted molar refractivity (Wildman–Crippen MR) is 113 cm³/mol. The van der Waals surface area contributed by atoms with E-state index >= 15 is 0 Å². The van der Waals surface area contributed by atoms with E-state index in [1.54, 1.807) is 11.5 Å². The van der Waals surface area contributed by atoms with E-state index in [2.05, 4.69) is 4.99 Å². The Morgan fingerprint density at radius 2 is 1.90 bits per heavy atom. The molecule has 7 heteroatoms. The van der Waals surface area contributed by atoms with Gasteiger partial charge in [0.1, 0.15) is 17.8 Å². The van der Waals surface area contributed by atoms with Gasteiger partial charge in [-0.2, -0.15) is 4.99 Å². The highest BCUT2D eigenvalue weighted by Gasteiger charge is 2.17. The quantitative estimate of drug-likeness (QED) is 0.574. The molecule has 0 spiro atoms. The molecule has 0 unspecified atom stereocenters. The van der Waals surface area contributed by atoms with Crippen LogP contribution in [0.5, 0.6) is 5.75 Å². The van der Waals surface area contributed by atoms with Gasteiger partial charge in [0.05, 0.1) is 17.9 Å². The Kier molecular flexibility index (Phi) is 6.49. The number of nitrogens with zero attached hydrogens (tertiary/aromatic N) is 2. The summed E-state index contributed by atoms with van der Waals surface area (Å²) in [4.78, 5) is 29.9. The second-order valence-corrected chi connectivity index (χ2v) is 7.56. The SMILES string of the molecule is CCOC(=O)Cn1c(=NC(=O)c2cc(C)ccc2C)sc2cccc(OCC)c21. The monoisotopic (exact) mass is 412 g/mol. The minimum Gasteiger partial charge on any atom is -0.492 e. The van der Waals surface area contributed by atoms with E-state index in [4.69, 9.17) is 9.47 Å². The van der Waals surface area contributed by atoms with Crippen molar-refractivity contribution in [1.29, 1.82) is 0 Å². The van der Waals surface area contributed by atoms with Gasteiger partial charge in [-0.25, -0.2) is 0 Å². The van der Waals surface area contributed by atoms with Gasteiger partial charge < -0.3 is 14.0 Å². The molecule has 2 aromatic carbocycles. The Balaban J connectivity index is 2.19. The lowest BCUT2D eigenvalue weighted by Crippen LogP contribution is -2.23. The van der Waals surface area contributed by atoms with Crippen LogP contribution in [-0.4, -0.2) is 29.7 Å². The molecule has 6 nitrogen and oxygen atoms in total. The van der Waals surface area contributed by atoms with E-state index < -0.39 is 0 Å². The highest BCUT2D eigenvalue weighted by molar-refractivity contribution is 7.16. The number of aromatic nitrogens is 1. The summed E-state index contributed by atoms with van der Waals surface area (Å²) in [5, 5.41) is 0. The maximum Gasteiger partial charge on any atom is 0.326 e. The molecule has 1 heterocycles. The minimum absolute atomic E-state index is 0.0448. The van der Waals surface area contributed by atoms with Gasteiger partial charge in [-0.1, -0.05) is 35.1 Å². The maximum atomic E-state index is 12.9. The van der Waals surface area contributed by atoms with E-state index in [1.165, 1.54) is 11.3 Å². The van der Waals surface area contributed by atoms with Crippen molar-refractivity contribution in [3.8, 4) is 5.75 Å². The Morgan fingerprint density at radius 1 is 1.10 bits per heavy atom. The first-order valence-electron chi connectivity index (χ1n) is 9.51. The van der Waals surface area contributed by atoms with Gasteiger partial charge in [-0.15, -0.1) is 0 Å². The molecule has 0 radical (unpaired) electrons. The summed E-state index contributed by atoms with van der Waals surface area (Å²) >= 11 is 1.34. The van der Waals surface area contributed by atoms with Crippen molar-refractivity contribution in [3.63, 3.8) is 0 Å². The molecule has 1 amide bonds. The van der Waals surface area contributed by atoms with Crippen molar-refractivity contribution in [3.05, 3.63) is 57.9 Å². The van der Waals surface area contributed by atoms with Crippen molar-refractivity contribution >= 4 is 33.4 Å². The van der Waals surface area contributed by atoms with Gasteiger partial charge in [-0.3, -0.25) is 9.59 Å². The highest BCUT2D eigenvalue weighted by atomic mass is 32.1. The third-order valence-electron chi connectivity index (χ3n) is 4.38. The molecule has 3 aromatic rings. The number of carbonyl (C=O) groups is 2. The van der Waals surface area contributed by atoms with E-state index in [0.29, 0.717) is 22.7 Å². The van der Waals surface area contributed by atoms with Gasteiger partial charge in [0, 0.05) is 5.56 Å². The highest BCUT2D eigenvalue weighted by Crippen LogP contribution is 2.28. The molecule has 0 aliphatic heterocycles. The number of rotatable bonds is 6. The van der Waals surface area contributed by atoms with Crippen molar-refractivity contribution < 1.29 is 19.1 Å². The summed E-state index contributed by atoms with van der Waals surface area (Å²) in [6.07, 6.45) is 0. The molecule has 0 atom stereocenters. The van der Waals surface area contributed by atoms with Gasteiger partial charge in [0.2, 0.25) is 0 Å². The van der Waals surface area contributed by atoms with Crippen LogP contribution in [0.2, 0.25) is 0 Å². The summed E-state index contributed by atoms with van der Waals surface area (Å²) in [6.45, 7) is 8.20. The Labute approximate surface area is 173 Å². The maximum absolute atomic E-state index is 12.9. The normalized spacial score (nSPS) is 11.7. The minimum atomic E-state index is -0.390. The lowest BCUT2D eigenvalue weighted by atomic mass is 10.1. The lowest BCUT2D eigenvalue weighted by molar-refractivity contribution is -0.143. The van der Waals surface area contributed by atoms with E-state index in [-0.39, 0.29) is 25.0 Å². The number of benzene rings is 2. The zero-order chi connectivity index (χ0) is 21.0. The zero-order valence-electron chi connectivity index (χ0n) is 17.0. The molecule has 152 valence electrons. The smallest absolute Gasteiger partial charge is 0.326 e. The summed E-state index contributed by atoms with van der Waals surface area (Å²) in [7, 11) is 0. The summed E-state index contributed by atoms with van der Waals surface area (Å²) < 4.78 is 13.4. The first-order valence-corrected chi connectivity index (χ1v) is 10.3. The molecule has 0 fully saturated rings. The fraction of sp³-hybridized carbons (Fsp3) is 0.318. The number of carbonyl (C=O) groups excluding carboxylic acids is 2. The van der Waals surface area contributed by atoms with E-state index in [1.807, 2.05) is 57.2 Å². The molecule has 29 heavy (non-hydrogen) atoms. The first-order chi connectivity index (χ1) is 13.9. The van der Waals surface area contributed by atoms with Crippen LogP contribution < -0.4 is 9.54 Å². The van der Waals surface area contributed by atoms with Gasteiger partial charge in [-0.05, 0) is 51.5 Å². The van der Waals surface area contributed by atoms with Crippen molar-refractivity contribution in [2.75, 3.05) is 13.2 Å².